The molecule has 7 aromatic carbocycles. The Labute approximate surface area is 314 Å². The Bertz CT molecular complexity index is 3140. The number of hydrogen-bond donors (Lipinski definition) is 0. The van der Waals surface area contributed by atoms with Gasteiger partial charge in [0.15, 0.2) is 11.6 Å². The fourth-order valence-electron chi connectivity index (χ4n) is 7.70. The number of rotatable bonds is 6. The summed E-state index contributed by atoms with van der Waals surface area (Å²) in [5.41, 5.74) is 8.64. The van der Waals surface area contributed by atoms with Gasteiger partial charge in [0.1, 0.15) is 0 Å². The smallest absolute Gasteiger partial charge is 0.250 e. The molecule has 0 aliphatic rings. The van der Waals surface area contributed by atoms with Crippen LogP contribution in [0, 0.1) is 0 Å². The Morgan fingerprint density at radius 3 is 1.62 bits per heavy atom. The van der Waals surface area contributed by atoms with E-state index in [0.717, 1.165) is 71.6 Å². The molecular weight excluding hydrogens is 679 g/mol. The molecule has 0 amide bonds. The molecule has 0 unspecified atom stereocenters. The molecule has 8 heteroatoms. The van der Waals surface area contributed by atoms with Crippen LogP contribution in [0.2, 0.25) is 0 Å². The number of benzene rings is 7. The molecule has 0 bridgehead atoms. The molecule has 55 heavy (non-hydrogen) atoms. The number of para-hydroxylation sites is 4. The van der Waals surface area contributed by atoms with Crippen LogP contribution in [0.3, 0.4) is 0 Å². The number of hydrogen-bond acceptors (Lipinski definition) is 6. The molecule has 0 spiro atoms. The average Bonchev–Trinajstić information content (AvgIpc) is 3.98. The monoisotopic (exact) mass is 707 g/mol. The highest BCUT2D eigenvalue weighted by Crippen LogP contribution is 2.39. The normalized spacial score (nSPS) is 11.6. The molecule has 0 N–H and O–H groups in total. The Morgan fingerprint density at radius 1 is 0.382 bits per heavy atom. The van der Waals surface area contributed by atoms with Crippen LogP contribution < -0.4 is 0 Å². The van der Waals surface area contributed by atoms with Crippen molar-refractivity contribution in [1.29, 1.82) is 0 Å². The van der Waals surface area contributed by atoms with Crippen LogP contribution in [0.25, 0.3) is 101 Å². The van der Waals surface area contributed by atoms with Gasteiger partial charge in [-0.05, 0) is 48.5 Å². The van der Waals surface area contributed by atoms with Gasteiger partial charge in [-0.2, -0.15) is 9.97 Å². The summed E-state index contributed by atoms with van der Waals surface area (Å²) >= 11 is 0. The van der Waals surface area contributed by atoms with Crippen LogP contribution in [-0.4, -0.2) is 34.3 Å². The number of fused-ring (bicyclic) bond motifs is 6. The molecule has 0 saturated heterocycles. The summed E-state index contributed by atoms with van der Waals surface area (Å²) in [6.45, 7) is 0. The lowest BCUT2D eigenvalue weighted by atomic mass is 10.1. The van der Waals surface area contributed by atoms with Gasteiger partial charge in [0.2, 0.25) is 17.7 Å². The van der Waals surface area contributed by atoms with Gasteiger partial charge in [0.05, 0.1) is 27.6 Å². The molecule has 0 fully saturated rings. The third-order valence-corrected chi connectivity index (χ3v) is 10.2. The van der Waals surface area contributed by atoms with Crippen molar-refractivity contribution < 1.29 is 4.42 Å². The first kappa shape index (κ1) is 30.9. The highest BCUT2D eigenvalue weighted by atomic mass is 16.4. The van der Waals surface area contributed by atoms with E-state index in [-0.39, 0.29) is 0 Å². The lowest BCUT2D eigenvalue weighted by molar-refractivity contribution is 0.585. The van der Waals surface area contributed by atoms with E-state index in [2.05, 4.69) is 110 Å². The van der Waals surface area contributed by atoms with Gasteiger partial charge in [-0.1, -0.05) is 127 Å². The lowest BCUT2D eigenvalue weighted by Crippen LogP contribution is -2.06. The van der Waals surface area contributed by atoms with Crippen LogP contribution >= 0.6 is 0 Å². The summed E-state index contributed by atoms with van der Waals surface area (Å²) in [6.07, 6.45) is 0. The van der Waals surface area contributed by atoms with Crippen LogP contribution in [-0.2, 0) is 0 Å². The van der Waals surface area contributed by atoms with E-state index >= 15 is 0 Å². The maximum Gasteiger partial charge on any atom is 0.250 e. The summed E-state index contributed by atoms with van der Waals surface area (Å²) in [5, 5.41) is 13.6. The maximum absolute atomic E-state index is 6.56. The third kappa shape index (κ3) is 5.04. The molecule has 11 rings (SSSR count). The molecule has 0 saturated carbocycles. The zero-order chi connectivity index (χ0) is 36.3. The van der Waals surface area contributed by atoms with Crippen molar-refractivity contribution >= 4 is 43.6 Å². The average molecular weight is 708 g/mol. The van der Waals surface area contributed by atoms with Crippen molar-refractivity contribution in [2.75, 3.05) is 0 Å². The second-order valence-corrected chi connectivity index (χ2v) is 13.4. The second kappa shape index (κ2) is 12.5. The summed E-state index contributed by atoms with van der Waals surface area (Å²) in [6, 6.07) is 59.7. The van der Waals surface area contributed by atoms with Gasteiger partial charge < -0.3 is 8.98 Å². The summed E-state index contributed by atoms with van der Waals surface area (Å²) in [4.78, 5) is 15.0. The molecular formula is C47H29N7O. The SMILES string of the molecule is c1ccc(-c2nc(-c3ccccc3)nc(-n3c4ccccc4c4cc(-c5nnc(-c6cccc7c8ccccc8n(-c8ccccc8)c67)o5)ccc43)n2)cc1. The Balaban J connectivity index is 1.07. The van der Waals surface area contributed by atoms with Crippen LogP contribution in [0.5, 0.6) is 0 Å². The highest BCUT2D eigenvalue weighted by molar-refractivity contribution is 6.13. The molecule has 258 valence electrons. The second-order valence-electron chi connectivity index (χ2n) is 13.4. The van der Waals surface area contributed by atoms with Gasteiger partial charge >= 0.3 is 0 Å². The fraction of sp³-hybridized carbons (Fsp3) is 0. The zero-order valence-electron chi connectivity index (χ0n) is 29.3. The summed E-state index contributed by atoms with van der Waals surface area (Å²) < 4.78 is 10.9. The first-order valence-corrected chi connectivity index (χ1v) is 18.1. The molecule has 0 radical (unpaired) electrons. The Kier molecular flexibility index (Phi) is 6.99. The first-order chi connectivity index (χ1) is 27.3. The summed E-state index contributed by atoms with van der Waals surface area (Å²) in [7, 11) is 0. The predicted molar refractivity (Wildman–Crippen MR) is 218 cm³/mol. The number of aromatic nitrogens is 7. The topological polar surface area (TPSA) is 87.5 Å². The molecule has 0 aliphatic carbocycles. The molecule has 4 heterocycles. The van der Waals surface area contributed by atoms with Gasteiger partial charge in [-0.25, -0.2) is 4.98 Å². The van der Waals surface area contributed by atoms with Crippen molar-refractivity contribution in [3.63, 3.8) is 0 Å². The van der Waals surface area contributed by atoms with E-state index in [4.69, 9.17) is 19.4 Å². The van der Waals surface area contributed by atoms with E-state index in [1.807, 2.05) is 84.9 Å². The predicted octanol–water partition coefficient (Wildman–Crippen LogP) is 11.1. The minimum absolute atomic E-state index is 0.436. The minimum atomic E-state index is 0.436. The van der Waals surface area contributed by atoms with E-state index < -0.39 is 0 Å². The zero-order valence-corrected chi connectivity index (χ0v) is 29.3. The van der Waals surface area contributed by atoms with Gasteiger partial charge in [0, 0.05) is 43.9 Å². The van der Waals surface area contributed by atoms with Crippen molar-refractivity contribution in [3.05, 3.63) is 176 Å². The first-order valence-electron chi connectivity index (χ1n) is 18.1. The quantitative estimate of drug-likeness (QED) is 0.171. The van der Waals surface area contributed by atoms with Crippen molar-refractivity contribution in [3.8, 4) is 57.3 Å². The van der Waals surface area contributed by atoms with Gasteiger partial charge in [-0.15, -0.1) is 10.2 Å². The maximum atomic E-state index is 6.56. The standard InChI is InChI=1S/C47H29N7O/c1-4-15-30(16-5-1)43-48-44(31-17-6-2-7-18-31)50-47(49-43)54-40-26-13-11-22-35(40)38-29-32(27-28-41(38)54)45-51-52-46(55-45)37-24-14-23-36-34-21-10-12-25-39(34)53(42(36)37)33-19-8-3-9-20-33/h1-29H. The molecule has 8 nitrogen and oxygen atoms in total. The van der Waals surface area contributed by atoms with E-state index in [1.54, 1.807) is 0 Å². The van der Waals surface area contributed by atoms with Gasteiger partial charge in [0.25, 0.3) is 0 Å². The van der Waals surface area contributed by atoms with Crippen molar-refractivity contribution in [2.45, 2.75) is 0 Å². The molecule has 11 aromatic rings. The fourth-order valence-corrected chi connectivity index (χ4v) is 7.70. The van der Waals surface area contributed by atoms with E-state index in [0.29, 0.717) is 29.4 Å². The van der Waals surface area contributed by atoms with E-state index in [1.165, 1.54) is 0 Å². The highest BCUT2D eigenvalue weighted by Gasteiger charge is 2.22. The summed E-state index contributed by atoms with van der Waals surface area (Å²) in [5.74, 6) is 2.63. The van der Waals surface area contributed by atoms with Crippen molar-refractivity contribution in [2.24, 2.45) is 0 Å². The van der Waals surface area contributed by atoms with Crippen LogP contribution in [0.1, 0.15) is 0 Å². The largest absolute Gasteiger partial charge is 0.416 e. The molecule has 0 atom stereocenters. The molecule has 0 aliphatic heterocycles. The van der Waals surface area contributed by atoms with Crippen molar-refractivity contribution in [1.82, 2.24) is 34.3 Å². The molecule has 4 aromatic heterocycles. The van der Waals surface area contributed by atoms with E-state index in [9.17, 15) is 0 Å². The lowest BCUT2D eigenvalue weighted by Gasteiger charge is -2.11. The van der Waals surface area contributed by atoms with Crippen LogP contribution in [0.15, 0.2) is 180 Å². The number of nitrogens with zero attached hydrogens (tertiary/aromatic N) is 7. The minimum Gasteiger partial charge on any atom is -0.416 e. The Hall–Kier alpha value is -7.71. The Morgan fingerprint density at radius 2 is 0.927 bits per heavy atom. The van der Waals surface area contributed by atoms with Gasteiger partial charge in [-0.3, -0.25) is 4.57 Å². The van der Waals surface area contributed by atoms with Crippen LogP contribution in [0.4, 0.5) is 0 Å². The third-order valence-electron chi connectivity index (χ3n) is 10.2.